The average molecular weight is 453 g/mol. The van der Waals surface area contributed by atoms with E-state index in [1.54, 1.807) is 42.6 Å². The molecule has 2 aromatic rings. The van der Waals surface area contributed by atoms with Crippen molar-refractivity contribution in [2.45, 2.75) is 32.6 Å². The van der Waals surface area contributed by atoms with Crippen molar-refractivity contribution in [3.05, 3.63) is 40.8 Å². The van der Waals surface area contributed by atoms with E-state index >= 15 is 0 Å². The van der Waals surface area contributed by atoms with Gasteiger partial charge in [-0.25, -0.2) is 4.79 Å². The van der Waals surface area contributed by atoms with Crippen LogP contribution in [0.15, 0.2) is 30.3 Å². The summed E-state index contributed by atoms with van der Waals surface area (Å²) in [6.45, 7) is 3.12. The quantitative estimate of drug-likeness (QED) is 0.442. The van der Waals surface area contributed by atoms with Crippen molar-refractivity contribution in [2.24, 2.45) is 5.92 Å². The van der Waals surface area contributed by atoms with Gasteiger partial charge in [-0.1, -0.05) is 37.3 Å². The van der Waals surface area contributed by atoms with Gasteiger partial charge in [0.2, 0.25) is 11.8 Å². The molecule has 1 aromatic carbocycles. The number of hydrogen-bond acceptors (Lipinski definition) is 4. The molecule has 0 aliphatic heterocycles. The van der Waals surface area contributed by atoms with Crippen LogP contribution in [0.3, 0.4) is 0 Å². The second-order valence-corrected chi connectivity index (χ2v) is 7.16. The van der Waals surface area contributed by atoms with Crippen LogP contribution in [0.25, 0.3) is 11.1 Å². The molecule has 164 valence electrons. The second kappa shape index (κ2) is 9.07. The van der Waals surface area contributed by atoms with Crippen LogP contribution in [-0.4, -0.2) is 30.8 Å². The lowest BCUT2D eigenvalue weighted by Crippen LogP contribution is -2.45. The largest absolute Gasteiger partial charge is 0.462 e. The monoisotopic (exact) mass is 453 g/mol. The number of anilines is 1. The normalized spacial score (nSPS) is 12.2. The number of hydrogen-bond donors (Lipinski definition) is 1. The van der Waals surface area contributed by atoms with E-state index in [0.29, 0.717) is 22.4 Å². The standard InChI is InChI=1S/C19H17F6NO3S/c1-3-11-12(10-8-6-5-7-9-10)13(17(28)29-4-2)16(30-11)26-15(27)14(18(20,21)22)19(23,24)25/h5-9,14H,3-4H2,1-2H3,(H,26,27). The zero-order chi connectivity index (χ0) is 22.7. The van der Waals surface area contributed by atoms with Crippen LogP contribution in [0.4, 0.5) is 31.3 Å². The van der Waals surface area contributed by atoms with Crippen LogP contribution in [0.1, 0.15) is 29.1 Å². The molecule has 30 heavy (non-hydrogen) atoms. The number of benzene rings is 1. The summed E-state index contributed by atoms with van der Waals surface area (Å²) >= 11 is 0.735. The Hall–Kier alpha value is -2.56. The Balaban J connectivity index is 2.61. The van der Waals surface area contributed by atoms with E-state index in [1.165, 1.54) is 6.92 Å². The van der Waals surface area contributed by atoms with Crippen molar-refractivity contribution in [3.8, 4) is 11.1 Å². The zero-order valence-corrected chi connectivity index (χ0v) is 16.6. The van der Waals surface area contributed by atoms with E-state index in [1.807, 2.05) is 0 Å². The molecule has 0 atom stereocenters. The number of thiophene rings is 1. The second-order valence-electron chi connectivity index (χ2n) is 6.05. The number of aryl methyl sites for hydroxylation is 1. The van der Waals surface area contributed by atoms with Crippen LogP contribution >= 0.6 is 11.3 Å². The van der Waals surface area contributed by atoms with Gasteiger partial charge in [0.1, 0.15) is 10.6 Å². The molecular formula is C19H17F6NO3S. The summed E-state index contributed by atoms with van der Waals surface area (Å²) < 4.78 is 82.3. The highest BCUT2D eigenvalue weighted by Gasteiger charge is 2.61. The first-order valence-electron chi connectivity index (χ1n) is 8.74. The van der Waals surface area contributed by atoms with Crippen molar-refractivity contribution in [3.63, 3.8) is 0 Å². The molecule has 1 heterocycles. The highest BCUT2D eigenvalue weighted by atomic mass is 32.1. The number of nitrogens with one attached hydrogen (secondary N) is 1. The van der Waals surface area contributed by atoms with Crippen LogP contribution < -0.4 is 5.32 Å². The third-order valence-corrected chi connectivity index (χ3v) is 5.25. The number of amides is 1. The Kier molecular flexibility index (Phi) is 7.17. The summed E-state index contributed by atoms with van der Waals surface area (Å²) in [4.78, 5) is 25.0. The van der Waals surface area contributed by atoms with Crippen LogP contribution in [-0.2, 0) is 16.0 Å². The summed E-state index contributed by atoms with van der Waals surface area (Å²) in [6.07, 6.45) is -11.4. The number of carbonyl (C=O) groups is 2. The Morgan fingerprint density at radius 2 is 1.60 bits per heavy atom. The molecule has 0 bridgehead atoms. The lowest BCUT2D eigenvalue weighted by atomic mass is 10.00. The summed E-state index contributed by atoms with van der Waals surface area (Å²) in [6, 6.07) is 8.27. The van der Waals surface area contributed by atoms with Gasteiger partial charge in [0.05, 0.1) is 6.61 Å². The number of ether oxygens (including phenoxy) is 1. The molecule has 1 amide bonds. The lowest BCUT2D eigenvalue weighted by molar-refractivity contribution is -0.272. The third-order valence-electron chi connectivity index (χ3n) is 4.00. The first kappa shape index (κ1) is 23.7. The number of esters is 1. The van der Waals surface area contributed by atoms with Crippen molar-refractivity contribution in [1.29, 1.82) is 0 Å². The summed E-state index contributed by atoms with van der Waals surface area (Å²) in [5.74, 6) is -7.50. The van der Waals surface area contributed by atoms with Crippen molar-refractivity contribution >= 4 is 28.2 Å². The fraction of sp³-hybridized carbons (Fsp3) is 0.368. The van der Waals surface area contributed by atoms with Gasteiger partial charge >= 0.3 is 18.3 Å². The summed E-state index contributed by atoms with van der Waals surface area (Å²) in [5.41, 5.74) is 0.533. The molecule has 11 heteroatoms. The van der Waals surface area contributed by atoms with Gasteiger partial charge in [0, 0.05) is 10.4 Å². The molecule has 0 saturated heterocycles. The minimum Gasteiger partial charge on any atom is -0.462 e. The van der Waals surface area contributed by atoms with E-state index in [9.17, 15) is 35.9 Å². The Morgan fingerprint density at radius 1 is 1.03 bits per heavy atom. The van der Waals surface area contributed by atoms with E-state index in [-0.39, 0.29) is 12.2 Å². The van der Waals surface area contributed by atoms with Crippen LogP contribution in [0.5, 0.6) is 0 Å². The molecule has 4 nitrogen and oxygen atoms in total. The molecule has 0 saturated carbocycles. The maximum atomic E-state index is 12.9. The summed E-state index contributed by atoms with van der Waals surface area (Å²) in [5, 5.41) is 1.24. The fourth-order valence-electron chi connectivity index (χ4n) is 2.79. The predicted molar refractivity (Wildman–Crippen MR) is 99.3 cm³/mol. The molecule has 1 aromatic heterocycles. The van der Waals surface area contributed by atoms with Gasteiger partial charge in [-0.15, -0.1) is 11.3 Å². The SMILES string of the molecule is CCOC(=O)c1c(NC(=O)C(C(F)(F)F)C(F)(F)F)sc(CC)c1-c1ccccc1. The van der Waals surface area contributed by atoms with Crippen molar-refractivity contribution in [2.75, 3.05) is 11.9 Å². The molecule has 2 rings (SSSR count). The van der Waals surface area contributed by atoms with Gasteiger partial charge in [-0.2, -0.15) is 26.3 Å². The van der Waals surface area contributed by atoms with Crippen LogP contribution in [0.2, 0.25) is 0 Å². The fourth-order valence-corrected chi connectivity index (χ4v) is 3.94. The molecule has 0 aliphatic rings. The Morgan fingerprint density at radius 3 is 2.07 bits per heavy atom. The molecule has 0 aliphatic carbocycles. The maximum absolute atomic E-state index is 12.9. The first-order chi connectivity index (χ1) is 13.9. The molecule has 0 fully saturated rings. The number of alkyl halides is 6. The molecule has 0 spiro atoms. The highest BCUT2D eigenvalue weighted by Crippen LogP contribution is 2.44. The minimum atomic E-state index is -5.85. The minimum absolute atomic E-state index is 0.0779. The molecule has 0 unspecified atom stereocenters. The summed E-state index contributed by atoms with van der Waals surface area (Å²) in [7, 11) is 0. The van der Waals surface area contributed by atoms with Crippen molar-refractivity contribution in [1.82, 2.24) is 0 Å². The van der Waals surface area contributed by atoms with E-state index in [4.69, 9.17) is 4.74 Å². The maximum Gasteiger partial charge on any atom is 0.409 e. The first-order valence-corrected chi connectivity index (χ1v) is 9.55. The third kappa shape index (κ3) is 5.13. The highest BCUT2D eigenvalue weighted by molar-refractivity contribution is 7.17. The van der Waals surface area contributed by atoms with Gasteiger partial charge in [0.15, 0.2) is 0 Å². The van der Waals surface area contributed by atoms with E-state index < -0.39 is 35.1 Å². The van der Waals surface area contributed by atoms with Gasteiger partial charge < -0.3 is 10.1 Å². The molecular weight excluding hydrogens is 436 g/mol. The molecule has 0 radical (unpaired) electrons. The molecule has 1 N–H and O–H groups in total. The number of halogens is 6. The van der Waals surface area contributed by atoms with E-state index in [0.717, 1.165) is 11.3 Å². The average Bonchev–Trinajstić information content (AvgIpc) is 2.98. The van der Waals surface area contributed by atoms with Gasteiger partial charge in [-0.05, 0) is 18.9 Å². The van der Waals surface area contributed by atoms with Gasteiger partial charge in [-0.3, -0.25) is 4.79 Å². The lowest BCUT2D eigenvalue weighted by Gasteiger charge is -2.22. The number of carbonyl (C=O) groups excluding carboxylic acids is 2. The Labute approximate surface area is 171 Å². The number of rotatable bonds is 6. The van der Waals surface area contributed by atoms with Crippen LogP contribution in [0, 0.1) is 5.92 Å². The zero-order valence-electron chi connectivity index (χ0n) is 15.8. The topological polar surface area (TPSA) is 55.4 Å². The van der Waals surface area contributed by atoms with E-state index in [2.05, 4.69) is 0 Å². The van der Waals surface area contributed by atoms with Gasteiger partial charge in [0.25, 0.3) is 0 Å². The Bertz CT molecular complexity index is 891. The van der Waals surface area contributed by atoms with Crippen molar-refractivity contribution < 1.29 is 40.7 Å². The smallest absolute Gasteiger partial charge is 0.409 e. The predicted octanol–water partition coefficient (Wildman–Crippen LogP) is 5.83.